The van der Waals surface area contributed by atoms with Crippen molar-refractivity contribution in [2.24, 2.45) is 0 Å². The summed E-state index contributed by atoms with van der Waals surface area (Å²) in [6.45, 7) is 7.51. The average Bonchev–Trinajstić information content (AvgIpc) is 2.75. The van der Waals surface area contributed by atoms with E-state index in [-0.39, 0.29) is 5.91 Å². The van der Waals surface area contributed by atoms with Crippen molar-refractivity contribution in [3.05, 3.63) is 58.1 Å². The minimum atomic E-state index is -0.195. The average molecular weight is 461 g/mol. The topological polar surface area (TPSA) is 50.8 Å². The van der Waals surface area contributed by atoms with Gasteiger partial charge in [-0.25, -0.2) is 0 Å². The number of hydrogen-bond donors (Lipinski definition) is 1. The van der Waals surface area contributed by atoms with Gasteiger partial charge in [-0.3, -0.25) is 9.69 Å². The summed E-state index contributed by atoms with van der Waals surface area (Å²) in [5.74, 6) is 3.21. The molecule has 31 heavy (non-hydrogen) atoms. The molecule has 7 heteroatoms. The van der Waals surface area contributed by atoms with Crippen molar-refractivity contribution in [2.75, 3.05) is 43.6 Å². The number of nitrogens with one attached hydrogen (secondary N) is 1. The molecule has 0 aromatic heterocycles. The van der Waals surface area contributed by atoms with Gasteiger partial charge < -0.3 is 14.8 Å². The van der Waals surface area contributed by atoms with Gasteiger partial charge in [0.15, 0.2) is 11.5 Å². The molecule has 0 unspecified atom stereocenters. The van der Waals surface area contributed by atoms with Gasteiger partial charge in [0.2, 0.25) is 5.91 Å². The summed E-state index contributed by atoms with van der Waals surface area (Å²) in [7, 11) is 1.55. The summed E-state index contributed by atoms with van der Waals surface area (Å²) in [5, 5.41) is 3.44. The summed E-state index contributed by atoms with van der Waals surface area (Å²) in [5.41, 5.74) is 3.84. The number of nitrogens with zero attached hydrogens (tertiary/aromatic N) is 1. The van der Waals surface area contributed by atoms with E-state index in [1.165, 1.54) is 23.1 Å². The van der Waals surface area contributed by atoms with Crippen LogP contribution in [0.15, 0.2) is 36.4 Å². The number of ether oxygens (including phenoxy) is 2. The van der Waals surface area contributed by atoms with E-state index in [0.29, 0.717) is 23.1 Å². The Morgan fingerprint density at radius 3 is 2.74 bits per heavy atom. The fourth-order valence-electron chi connectivity index (χ4n) is 3.41. The zero-order valence-corrected chi connectivity index (χ0v) is 19.8. The smallest absolute Gasteiger partial charge is 0.248 e. The van der Waals surface area contributed by atoms with Gasteiger partial charge in [-0.15, -0.1) is 0 Å². The molecule has 0 atom stereocenters. The lowest BCUT2D eigenvalue weighted by atomic mass is 10.1. The highest BCUT2D eigenvalue weighted by Crippen LogP contribution is 2.36. The SMILES string of the molecule is CCOc1cc(/C=C/C(=O)Nc2cc(CN3CCSCC3)ccc2C)cc(Cl)c1OC. The molecular formula is C24H29ClN2O3S. The summed E-state index contributed by atoms with van der Waals surface area (Å²) in [6.07, 6.45) is 3.22. The number of benzene rings is 2. The van der Waals surface area contributed by atoms with Crippen LogP contribution in [0.4, 0.5) is 5.69 Å². The molecule has 0 saturated carbocycles. The van der Waals surface area contributed by atoms with E-state index < -0.39 is 0 Å². The summed E-state index contributed by atoms with van der Waals surface area (Å²) >= 11 is 8.29. The van der Waals surface area contributed by atoms with Crippen LogP contribution in [-0.2, 0) is 11.3 Å². The van der Waals surface area contributed by atoms with Crippen molar-refractivity contribution >= 4 is 41.0 Å². The standard InChI is InChI=1S/C24H29ClN2O3S/c1-4-30-22-15-18(13-20(25)24(22)29-3)7-8-23(28)26-21-14-19(6-5-17(21)2)16-27-9-11-31-12-10-27/h5-8,13-15H,4,9-12,16H2,1-3H3,(H,26,28)/b8-7+. The fraction of sp³-hybridized carbons (Fsp3) is 0.375. The van der Waals surface area contributed by atoms with Crippen molar-refractivity contribution in [3.8, 4) is 11.5 Å². The lowest BCUT2D eigenvalue weighted by molar-refractivity contribution is -0.111. The first-order valence-electron chi connectivity index (χ1n) is 10.4. The Bertz CT molecular complexity index is 943. The van der Waals surface area contributed by atoms with E-state index in [1.54, 1.807) is 25.3 Å². The molecule has 5 nitrogen and oxygen atoms in total. The molecule has 1 amide bonds. The molecule has 3 rings (SSSR count). The van der Waals surface area contributed by atoms with E-state index in [2.05, 4.69) is 28.4 Å². The fourth-order valence-corrected chi connectivity index (χ4v) is 4.69. The maximum absolute atomic E-state index is 12.6. The molecule has 0 spiro atoms. The highest BCUT2D eigenvalue weighted by atomic mass is 35.5. The van der Waals surface area contributed by atoms with Crippen molar-refractivity contribution < 1.29 is 14.3 Å². The maximum atomic E-state index is 12.6. The van der Waals surface area contributed by atoms with Crippen LogP contribution in [0.2, 0.25) is 5.02 Å². The van der Waals surface area contributed by atoms with Crippen LogP contribution >= 0.6 is 23.4 Å². The molecule has 1 fully saturated rings. The van der Waals surface area contributed by atoms with Crippen LogP contribution in [0.3, 0.4) is 0 Å². The van der Waals surface area contributed by atoms with Gasteiger partial charge in [-0.2, -0.15) is 11.8 Å². The lowest BCUT2D eigenvalue weighted by Crippen LogP contribution is -2.31. The third kappa shape index (κ3) is 6.66. The predicted octanol–water partition coefficient (Wildman–Crippen LogP) is 5.26. The van der Waals surface area contributed by atoms with Crippen molar-refractivity contribution in [2.45, 2.75) is 20.4 Å². The Labute approximate surface area is 193 Å². The number of methoxy groups -OCH3 is 1. The maximum Gasteiger partial charge on any atom is 0.248 e. The van der Waals surface area contributed by atoms with Crippen LogP contribution in [0, 0.1) is 6.92 Å². The molecule has 1 aliphatic heterocycles. The Balaban J connectivity index is 1.68. The van der Waals surface area contributed by atoms with E-state index >= 15 is 0 Å². The van der Waals surface area contributed by atoms with Gasteiger partial charge in [-0.1, -0.05) is 23.7 Å². The summed E-state index contributed by atoms with van der Waals surface area (Å²) in [4.78, 5) is 15.0. The first-order chi connectivity index (χ1) is 15.0. The van der Waals surface area contributed by atoms with Gasteiger partial charge >= 0.3 is 0 Å². The molecule has 1 saturated heterocycles. The third-order valence-electron chi connectivity index (χ3n) is 5.03. The Morgan fingerprint density at radius 2 is 2.03 bits per heavy atom. The normalized spacial score (nSPS) is 14.6. The number of rotatable bonds is 8. The number of anilines is 1. The molecule has 0 radical (unpaired) electrons. The summed E-state index contributed by atoms with van der Waals surface area (Å²) < 4.78 is 10.9. The first-order valence-corrected chi connectivity index (χ1v) is 11.9. The second kappa shape index (κ2) is 11.5. The largest absolute Gasteiger partial charge is 0.491 e. The molecule has 2 aromatic rings. The first kappa shape index (κ1) is 23.5. The van der Waals surface area contributed by atoms with E-state index in [9.17, 15) is 4.79 Å². The van der Waals surface area contributed by atoms with Gasteiger partial charge in [-0.05, 0) is 54.8 Å². The Kier molecular flexibility index (Phi) is 8.69. The van der Waals surface area contributed by atoms with Crippen molar-refractivity contribution in [1.82, 2.24) is 4.90 Å². The minimum absolute atomic E-state index is 0.195. The number of hydrogen-bond acceptors (Lipinski definition) is 5. The second-order valence-electron chi connectivity index (χ2n) is 7.33. The Morgan fingerprint density at radius 1 is 1.26 bits per heavy atom. The van der Waals surface area contributed by atoms with Gasteiger partial charge in [0.1, 0.15) is 0 Å². The van der Waals surface area contributed by atoms with E-state index in [4.69, 9.17) is 21.1 Å². The highest BCUT2D eigenvalue weighted by molar-refractivity contribution is 7.99. The number of amides is 1. The Hall–Kier alpha value is -2.15. The predicted molar refractivity (Wildman–Crippen MR) is 131 cm³/mol. The molecule has 1 aliphatic rings. The molecule has 0 aliphatic carbocycles. The van der Waals surface area contributed by atoms with Crippen LogP contribution in [0.1, 0.15) is 23.6 Å². The molecule has 1 N–H and O–H groups in total. The van der Waals surface area contributed by atoms with Crippen LogP contribution < -0.4 is 14.8 Å². The number of thioether (sulfide) groups is 1. The monoisotopic (exact) mass is 460 g/mol. The molecule has 0 bridgehead atoms. The zero-order valence-electron chi connectivity index (χ0n) is 18.2. The van der Waals surface area contributed by atoms with Gasteiger partial charge in [0.05, 0.1) is 18.7 Å². The van der Waals surface area contributed by atoms with Crippen molar-refractivity contribution in [1.29, 1.82) is 0 Å². The minimum Gasteiger partial charge on any atom is -0.491 e. The van der Waals surface area contributed by atoms with Gasteiger partial charge in [0, 0.05) is 42.9 Å². The molecule has 2 aromatic carbocycles. The van der Waals surface area contributed by atoms with Crippen LogP contribution in [-0.4, -0.2) is 49.1 Å². The number of halogens is 1. The number of carbonyl (C=O) groups excluding carboxylic acids is 1. The molecular weight excluding hydrogens is 432 g/mol. The van der Waals surface area contributed by atoms with E-state index in [1.807, 2.05) is 25.6 Å². The van der Waals surface area contributed by atoms with Crippen molar-refractivity contribution in [3.63, 3.8) is 0 Å². The molecule has 1 heterocycles. The second-order valence-corrected chi connectivity index (χ2v) is 8.96. The van der Waals surface area contributed by atoms with Crippen LogP contribution in [0.5, 0.6) is 11.5 Å². The quantitative estimate of drug-likeness (QED) is 0.545. The highest BCUT2D eigenvalue weighted by Gasteiger charge is 2.13. The number of carbonyl (C=O) groups is 1. The molecule has 166 valence electrons. The summed E-state index contributed by atoms with van der Waals surface area (Å²) in [6, 6.07) is 9.82. The van der Waals surface area contributed by atoms with E-state index in [0.717, 1.165) is 36.4 Å². The van der Waals surface area contributed by atoms with Crippen LogP contribution in [0.25, 0.3) is 6.08 Å². The van der Waals surface area contributed by atoms with Gasteiger partial charge in [0.25, 0.3) is 0 Å². The zero-order chi connectivity index (χ0) is 22.2. The number of aryl methyl sites for hydroxylation is 1. The third-order valence-corrected chi connectivity index (χ3v) is 6.26. The lowest BCUT2D eigenvalue weighted by Gasteiger charge is -2.26.